The Labute approximate surface area is 173 Å². The Bertz CT molecular complexity index is 1080. The van der Waals surface area contributed by atoms with Gasteiger partial charge in [0.2, 0.25) is 5.91 Å². The van der Waals surface area contributed by atoms with Gasteiger partial charge in [0, 0.05) is 20.4 Å². The molecule has 0 saturated carbocycles. The fourth-order valence-electron chi connectivity index (χ4n) is 2.62. The fraction of sp³-hybridized carbons (Fsp3) is 0.0556. The van der Waals surface area contributed by atoms with Crippen LogP contribution < -0.4 is 5.32 Å². The normalized spacial score (nSPS) is 13.2. The van der Waals surface area contributed by atoms with E-state index in [1.165, 1.54) is 17.5 Å². The quantitative estimate of drug-likeness (QED) is 0.426. The monoisotopic (exact) mass is 485 g/mol. The number of carbonyl (C=O) groups excluding carboxylic acids is 1. The lowest BCUT2D eigenvalue weighted by molar-refractivity contribution is -0.120. The largest absolute Gasteiger partial charge is 0.342 e. The second-order valence-corrected chi connectivity index (χ2v) is 9.68. The predicted octanol–water partition coefficient (Wildman–Crippen LogP) is 5.32. The Morgan fingerprint density at radius 2 is 2.04 bits per heavy atom. The summed E-state index contributed by atoms with van der Waals surface area (Å²) >= 11 is 10.7. The first-order valence-corrected chi connectivity index (χ1v) is 11.4. The number of hydrogen-bond donors (Lipinski definition) is 3. The summed E-state index contributed by atoms with van der Waals surface area (Å²) in [7, 11) is -4.75. The smallest absolute Gasteiger partial charge is 0.332 e. The number of fused-ring (bicyclic) bond motifs is 1. The maximum absolute atomic E-state index is 12.6. The minimum absolute atomic E-state index is 0.263. The number of hydrogen-bond acceptors (Lipinski definition) is 3. The van der Waals surface area contributed by atoms with Crippen molar-refractivity contribution in [2.45, 2.75) is 5.66 Å². The Morgan fingerprint density at radius 1 is 1.26 bits per heavy atom. The minimum Gasteiger partial charge on any atom is -0.332 e. The molecule has 1 unspecified atom stereocenters. The maximum Gasteiger partial charge on any atom is 0.342 e. The lowest BCUT2D eigenvalue weighted by Crippen LogP contribution is -2.25. The van der Waals surface area contributed by atoms with Gasteiger partial charge in [-0.2, -0.15) is 0 Å². The standard InChI is InChI=1S/C18H14BrClNO4PS/c19-12-3-1-2-11(8-12)6-7-21-18(22)17(26(23,24)25)15-10-27-16-5-4-13(20)9-14(15)16/h1-10,17H,(H,21,22)(H2,23,24,25). The van der Waals surface area contributed by atoms with Crippen LogP contribution in [-0.4, -0.2) is 15.7 Å². The summed E-state index contributed by atoms with van der Waals surface area (Å²) in [5, 5.41) is 5.05. The molecule has 140 valence electrons. The first-order valence-electron chi connectivity index (χ1n) is 7.70. The molecule has 1 amide bonds. The third-order valence-electron chi connectivity index (χ3n) is 3.79. The zero-order chi connectivity index (χ0) is 19.6. The summed E-state index contributed by atoms with van der Waals surface area (Å²) in [5.41, 5.74) is -0.527. The summed E-state index contributed by atoms with van der Waals surface area (Å²) in [6, 6.07) is 12.4. The van der Waals surface area contributed by atoms with Crippen LogP contribution in [0.5, 0.6) is 0 Å². The molecule has 1 heterocycles. The van der Waals surface area contributed by atoms with E-state index in [9.17, 15) is 19.1 Å². The van der Waals surface area contributed by atoms with Crippen molar-refractivity contribution in [2.24, 2.45) is 0 Å². The third kappa shape index (κ3) is 4.88. The van der Waals surface area contributed by atoms with Crippen LogP contribution in [0.1, 0.15) is 16.8 Å². The first kappa shape index (κ1) is 20.3. The maximum atomic E-state index is 12.6. The van der Waals surface area contributed by atoms with E-state index in [0.717, 1.165) is 14.7 Å². The van der Waals surface area contributed by atoms with Crippen molar-refractivity contribution in [1.29, 1.82) is 0 Å². The molecular weight excluding hydrogens is 473 g/mol. The van der Waals surface area contributed by atoms with Crippen LogP contribution in [0.4, 0.5) is 0 Å². The molecule has 3 aromatic rings. The molecule has 0 radical (unpaired) electrons. The molecule has 3 rings (SSSR count). The van der Waals surface area contributed by atoms with Crippen LogP contribution in [0.25, 0.3) is 16.2 Å². The van der Waals surface area contributed by atoms with Crippen molar-refractivity contribution in [3.8, 4) is 0 Å². The summed E-state index contributed by atoms with van der Waals surface area (Å²) < 4.78 is 13.7. The lowest BCUT2D eigenvalue weighted by atomic mass is 10.1. The van der Waals surface area contributed by atoms with Crippen LogP contribution in [0.3, 0.4) is 0 Å². The van der Waals surface area contributed by atoms with Gasteiger partial charge in [-0.25, -0.2) is 0 Å². The average molecular weight is 487 g/mol. The lowest BCUT2D eigenvalue weighted by Gasteiger charge is -2.16. The second kappa shape index (κ2) is 8.27. The van der Waals surface area contributed by atoms with Gasteiger partial charge in [0.15, 0.2) is 5.66 Å². The number of halogens is 2. The summed E-state index contributed by atoms with van der Waals surface area (Å²) in [5.74, 6) is -0.783. The Hall–Kier alpha value is -1.47. The molecule has 27 heavy (non-hydrogen) atoms. The van der Waals surface area contributed by atoms with E-state index in [2.05, 4.69) is 21.2 Å². The second-order valence-electron chi connectivity index (χ2n) is 5.72. The molecular formula is C18H14BrClNO4PS. The van der Waals surface area contributed by atoms with E-state index in [1.807, 2.05) is 24.3 Å². The first-order chi connectivity index (χ1) is 12.8. The van der Waals surface area contributed by atoms with Crippen LogP contribution >= 0.6 is 46.5 Å². The number of thiophene rings is 1. The van der Waals surface area contributed by atoms with Gasteiger partial charge in [0.25, 0.3) is 0 Å². The highest BCUT2D eigenvalue weighted by Gasteiger charge is 2.38. The summed E-state index contributed by atoms with van der Waals surface area (Å²) in [6.45, 7) is 0. The van der Waals surface area contributed by atoms with Crippen molar-refractivity contribution in [2.75, 3.05) is 0 Å². The highest BCUT2D eigenvalue weighted by Crippen LogP contribution is 2.54. The van der Waals surface area contributed by atoms with Crippen LogP contribution in [-0.2, 0) is 9.36 Å². The number of rotatable bonds is 5. The number of nitrogens with one attached hydrogen (secondary N) is 1. The van der Waals surface area contributed by atoms with Crippen molar-refractivity contribution in [1.82, 2.24) is 5.32 Å². The summed E-state index contributed by atoms with van der Waals surface area (Å²) in [6.07, 6.45) is 3.01. The number of amides is 1. The van der Waals surface area contributed by atoms with Gasteiger partial charge in [-0.3, -0.25) is 9.36 Å². The molecule has 0 fully saturated rings. The molecule has 0 aliphatic carbocycles. The van der Waals surface area contributed by atoms with Crippen molar-refractivity contribution < 1.29 is 19.1 Å². The number of benzene rings is 2. The van der Waals surface area contributed by atoms with Crippen LogP contribution in [0.2, 0.25) is 5.02 Å². The zero-order valence-corrected chi connectivity index (χ0v) is 17.7. The van der Waals surface area contributed by atoms with E-state index >= 15 is 0 Å². The molecule has 0 saturated heterocycles. The van der Waals surface area contributed by atoms with E-state index in [1.54, 1.807) is 29.7 Å². The SMILES string of the molecule is O=C(NC=Cc1cccc(Br)c1)C(c1csc2ccc(Cl)cc12)P(=O)(O)O. The van der Waals surface area contributed by atoms with Crippen LogP contribution in [0.15, 0.2) is 58.5 Å². The average Bonchev–Trinajstić information content (AvgIpc) is 2.96. The van der Waals surface area contributed by atoms with Crippen molar-refractivity contribution in [3.63, 3.8) is 0 Å². The van der Waals surface area contributed by atoms with E-state index < -0.39 is 19.2 Å². The molecule has 5 nitrogen and oxygen atoms in total. The third-order valence-corrected chi connectivity index (χ3v) is 6.69. The van der Waals surface area contributed by atoms with E-state index in [0.29, 0.717) is 10.4 Å². The predicted molar refractivity (Wildman–Crippen MR) is 113 cm³/mol. The molecule has 3 N–H and O–H groups in total. The van der Waals surface area contributed by atoms with Gasteiger partial charge in [-0.1, -0.05) is 39.7 Å². The van der Waals surface area contributed by atoms with Gasteiger partial charge in [0.05, 0.1) is 0 Å². The molecule has 0 spiro atoms. The molecule has 1 aromatic heterocycles. The van der Waals surface area contributed by atoms with Gasteiger partial charge < -0.3 is 15.1 Å². The van der Waals surface area contributed by atoms with Crippen LogP contribution in [0, 0.1) is 0 Å². The Balaban J connectivity index is 1.89. The zero-order valence-electron chi connectivity index (χ0n) is 13.7. The molecule has 0 aliphatic heterocycles. The van der Waals surface area contributed by atoms with Gasteiger partial charge in [-0.15, -0.1) is 11.3 Å². The molecule has 0 aliphatic rings. The number of carbonyl (C=O) groups is 1. The van der Waals surface area contributed by atoms with Gasteiger partial charge in [0.1, 0.15) is 0 Å². The highest BCUT2D eigenvalue weighted by atomic mass is 79.9. The van der Waals surface area contributed by atoms with Crippen molar-refractivity contribution >= 4 is 68.5 Å². The molecule has 0 bridgehead atoms. The topological polar surface area (TPSA) is 86.6 Å². The minimum atomic E-state index is -4.75. The molecule has 9 heteroatoms. The van der Waals surface area contributed by atoms with E-state index in [4.69, 9.17) is 11.6 Å². The van der Waals surface area contributed by atoms with Crippen molar-refractivity contribution in [3.05, 3.63) is 74.7 Å². The molecule has 1 atom stereocenters. The summed E-state index contributed by atoms with van der Waals surface area (Å²) in [4.78, 5) is 32.2. The Morgan fingerprint density at radius 3 is 2.74 bits per heavy atom. The van der Waals surface area contributed by atoms with E-state index in [-0.39, 0.29) is 5.56 Å². The van der Waals surface area contributed by atoms with Gasteiger partial charge >= 0.3 is 7.60 Å². The molecule has 2 aromatic carbocycles. The fourth-order valence-corrected chi connectivity index (χ4v) is 5.23. The Kier molecular flexibility index (Phi) is 6.21. The highest BCUT2D eigenvalue weighted by molar-refractivity contribution is 9.10. The van der Waals surface area contributed by atoms with Gasteiger partial charge in [-0.05, 0) is 58.3 Å².